The van der Waals surface area contributed by atoms with Gasteiger partial charge in [-0.15, -0.1) is 0 Å². The van der Waals surface area contributed by atoms with E-state index < -0.39 is 0 Å². The summed E-state index contributed by atoms with van der Waals surface area (Å²) in [5.41, 5.74) is 3.43. The molecule has 1 aliphatic heterocycles. The lowest BCUT2D eigenvalue weighted by atomic mass is 10.0. The molecule has 0 bridgehead atoms. The molecule has 0 aliphatic carbocycles. The third kappa shape index (κ3) is 3.13. The van der Waals surface area contributed by atoms with Gasteiger partial charge in [0, 0.05) is 55.4 Å². The Kier molecular flexibility index (Phi) is 4.66. The minimum absolute atomic E-state index is 0.129. The highest BCUT2D eigenvalue weighted by Gasteiger charge is 2.24. The average molecular weight is 417 g/mol. The zero-order valence-electron chi connectivity index (χ0n) is 17.7. The summed E-state index contributed by atoms with van der Waals surface area (Å²) in [6.45, 7) is 3.11. The minimum Gasteiger partial charge on any atom is -0.490 e. The minimum atomic E-state index is -0.129. The second-order valence-electron chi connectivity index (χ2n) is 7.43. The Balaban J connectivity index is 1.62. The molecule has 1 aliphatic rings. The lowest BCUT2D eigenvalue weighted by Gasteiger charge is -2.14. The van der Waals surface area contributed by atoms with Gasteiger partial charge in [0.1, 0.15) is 11.5 Å². The zero-order chi connectivity index (χ0) is 21.5. The maximum Gasteiger partial charge on any atom is 0.253 e. The predicted molar refractivity (Wildman–Crippen MR) is 118 cm³/mol. The number of ether oxygens (including phenoxy) is 3. The molecule has 4 aromatic rings. The fourth-order valence-electron chi connectivity index (χ4n) is 4.20. The number of hydrogen-bond acceptors (Lipinski definition) is 5. The van der Waals surface area contributed by atoms with Crippen LogP contribution in [0.15, 0.2) is 42.7 Å². The molecular formula is C24H23N3O4. The molecule has 158 valence electrons. The molecule has 1 N–H and O–H groups in total. The molecule has 7 heteroatoms. The Morgan fingerprint density at radius 2 is 2.13 bits per heavy atom. The molecule has 7 nitrogen and oxygen atoms in total. The van der Waals surface area contributed by atoms with Crippen molar-refractivity contribution < 1.29 is 19.0 Å². The van der Waals surface area contributed by atoms with Crippen LogP contribution in [0.2, 0.25) is 0 Å². The Hall–Kier alpha value is -3.74. The number of nitrogens with one attached hydrogen (secondary N) is 1. The molecule has 0 radical (unpaired) electrons. The van der Waals surface area contributed by atoms with Gasteiger partial charge in [0.25, 0.3) is 5.91 Å². The summed E-state index contributed by atoms with van der Waals surface area (Å²) in [4.78, 5) is 16.8. The Labute approximate surface area is 179 Å². The van der Waals surface area contributed by atoms with Crippen molar-refractivity contribution in [1.82, 2.24) is 14.9 Å². The first-order chi connectivity index (χ1) is 15.1. The van der Waals surface area contributed by atoms with Crippen LogP contribution in [0.5, 0.6) is 23.0 Å². The fraction of sp³-hybridized carbons (Fsp3) is 0.250. The van der Waals surface area contributed by atoms with Crippen LogP contribution in [-0.4, -0.2) is 35.7 Å². The van der Waals surface area contributed by atoms with Crippen molar-refractivity contribution in [3.05, 3.63) is 53.9 Å². The highest BCUT2D eigenvalue weighted by atomic mass is 16.5. The second-order valence-corrected chi connectivity index (χ2v) is 7.43. The van der Waals surface area contributed by atoms with E-state index in [1.807, 2.05) is 55.1 Å². The SMILES string of the molecule is CCOc1cc2nccc(Oc3ccc4c(c3)c(C(=O)NC)cn4C)c2c2c1OCC2. The maximum absolute atomic E-state index is 12.3. The van der Waals surface area contributed by atoms with Crippen molar-refractivity contribution in [3.8, 4) is 23.0 Å². The first kappa shape index (κ1) is 19.2. The first-order valence-electron chi connectivity index (χ1n) is 10.3. The number of aromatic nitrogens is 2. The molecule has 1 amide bonds. The van der Waals surface area contributed by atoms with Crippen molar-refractivity contribution in [1.29, 1.82) is 0 Å². The first-order valence-corrected chi connectivity index (χ1v) is 10.3. The van der Waals surface area contributed by atoms with Crippen molar-refractivity contribution in [2.45, 2.75) is 13.3 Å². The van der Waals surface area contributed by atoms with Crippen LogP contribution >= 0.6 is 0 Å². The predicted octanol–water partition coefficient (Wildman–Crippen LogP) is 4.21. The largest absolute Gasteiger partial charge is 0.490 e. The van der Waals surface area contributed by atoms with Crippen LogP contribution in [0.4, 0.5) is 0 Å². The van der Waals surface area contributed by atoms with Crippen LogP contribution in [-0.2, 0) is 13.5 Å². The van der Waals surface area contributed by atoms with E-state index in [0.29, 0.717) is 36.0 Å². The number of rotatable bonds is 5. The second kappa shape index (κ2) is 7.50. The highest BCUT2D eigenvalue weighted by Crippen LogP contribution is 2.44. The smallest absolute Gasteiger partial charge is 0.253 e. The lowest BCUT2D eigenvalue weighted by molar-refractivity contribution is 0.0964. The third-order valence-corrected chi connectivity index (χ3v) is 5.57. The van der Waals surface area contributed by atoms with E-state index in [2.05, 4.69) is 10.3 Å². The summed E-state index contributed by atoms with van der Waals surface area (Å²) >= 11 is 0. The number of amides is 1. The number of carbonyl (C=O) groups is 1. The molecule has 2 aromatic heterocycles. The number of nitrogens with zero attached hydrogens (tertiary/aromatic N) is 2. The quantitative estimate of drug-likeness (QED) is 0.527. The maximum atomic E-state index is 12.3. The Morgan fingerprint density at radius 1 is 1.26 bits per heavy atom. The monoisotopic (exact) mass is 417 g/mol. The molecule has 0 atom stereocenters. The molecule has 0 saturated carbocycles. The van der Waals surface area contributed by atoms with Crippen LogP contribution < -0.4 is 19.5 Å². The van der Waals surface area contributed by atoms with E-state index in [9.17, 15) is 4.79 Å². The molecular weight excluding hydrogens is 394 g/mol. The van der Waals surface area contributed by atoms with Gasteiger partial charge in [0.05, 0.1) is 29.7 Å². The van der Waals surface area contributed by atoms with Crippen molar-refractivity contribution >= 4 is 27.7 Å². The Morgan fingerprint density at radius 3 is 2.94 bits per heavy atom. The van der Waals surface area contributed by atoms with Gasteiger partial charge in [-0.25, -0.2) is 0 Å². The van der Waals surface area contributed by atoms with E-state index in [1.165, 1.54) is 0 Å². The molecule has 2 aromatic carbocycles. The Bertz CT molecular complexity index is 1330. The molecule has 3 heterocycles. The van der Waals surface area contributed by atoms with Gasteiger partial charge in [0.2, 0.25) is 0 Å². The summed E-state index contributed by atoms with van der Waals surface area (Å²) in [6, 6.07) is 9.53. The van der Waals surface area contributed by atoms with Crippen LogP contribution in [0.25, 0.3) is 21.8 Å². The van der Waals surface area contributed by atoms with Crippen LogP contribution in [0.3, 0.4) is 0 Å². The van der Waals surface area contributed by atoms with Crippen LogP contribution in [0, 0.1) is 0 Å². The van der Waals surface area contributed by atoms with E-state index in [0.717, 1.165) is 39.5 Å². The summed E-state index contributed by atoms with van der Waals surface area (Å²) in [5, 5.41) is 4.46. The fourth-order valence-corrected chi connectivity index (χ4v) is 4.20. The van der Waals surface area contributed by atoms with Gasteiger partial charge in [-0.05, 0) is 31.2 Å². The van der Waals surface area contributed by atoms with Crippen molar-refractivity contribution in [3.63, 3.8) is 0 Å². The summed E-state index contributed by atoms with van der Waals surface area (Å²) < 4.78 is 19.9. The van der Waals surface area contributed by atoms with Gasteiger partial charge >= 0.3 is 0 Å². The normalized spacial score (nSPS) is 12.6. The van der Waals surface area contributed by atoms with E-state index in [-0.39, 0.29) is 5.91 Å². The summed E-state index contributed by atoms with van der Waals surface area (Å²) in [5.74, 6) is 2.71. The van der Waals surface area contributed by atoms with E-state index in [4.69, 9.17) is 14.2 Å². The lowest BCUT2D eigenvalue weighted by Crippen LogP contribution is -2.17. The third-order valence-electron chi connectivity index (χ3n) is 5.57. The number of benzene rings is 2. The number of fused-ring (bicyclic) bond motifs is 4. The van der Waals surface area contributed by atoms with E-state index in [1.54, 1.807) is 13.2 Å². The zero-order valence-corrected chi connectivity index (χ0v) is 17.7. The number of hydrogen-bond donors (Lipinski definition) is 1. The van der Waals surface area contributed by atoms with Crippen molar-refractivity contribution in [2.75, 3.05) is 20.3 Å². The molecule has 0 fully saturated rings. The van der Waals surface area contributed by atoms with Crippen LogP contribution in [0.1, 0.15) is 22.8 Å². The van der Waals surface area contributed by atoms with Crippen molar-refractivity contribution in [2.24, 2.45) is 7.05 Å². The molecule has 0 unspecified atom stereocenters. The molecule has 0 spiro atoms. The van der Waals surface area contributed by atoms with E-state index >= 15 is 0 Å². The molecule has 31 heavy (non-hydrogen) atoms. The summed E-state index contributed by atoms with van der Waals surface area (Å²) in [7, 11) is 3.55. The highest BCUT2D eigenvalue weighted by molar-refractivity contribution is 6.07. The van der Waals surface area contributed by atoms with Gasteiger partial charge in [0.15, 0.2) is 11.5 Å². The summed E-state index contributed by atoms with van der Waals surface area (Å²) in [6.07, 6.45) is 4.33. The van der Waals surface area contributed by atoms with Gasteiger partial charge in [-0.2, -0.15) is 0 Å². The standard InChI is InChI=1S/C24H23N3O4/c1-4-29-21-12-18-22(15-8-10-30-23(15)21)20(7-9-26-18)31-14-5-6-19-16(11-14)17(13-27(19)3)24(28)25-2/h5-7,9,11-13H,4,8,10H2,1-3H3,(H,25,28). The molecule has 0 saturated heterocycles. The average Bonchev–Trinajstić information content (AvgIpc) is 3.39. The number of carbonyl (C=O) groups excluding carboxylic acids is 1. The number of pyridine rings is 1. The van der Waals surface area contributed by atoms with Gasteiger partial charge in [-0.3, -0.25) is 9.78 Å². The van der Waals surface area contributed by atoms with Gasteiger partial charge < -0.3 is 24.1 Å². The number of aryl methyl sites for hydroxylation is 1. The topological polar surface area (TPSA) is 74.6 Å². The molecule has 5 rings (SSSR count). The van der Waals surface area contributed by atoms with Gasteiger partial charge in [-0.1, -0.05) is 0 Å².